The molecule has 2 amide bonds. The van der Waals surface area contributed by atoms with E-state index in [-0.39, 0.29) is 6.04 Å². The molecule has 0 aliphatic rings. The van der Waals surface area contributed by atoms with Crippen LogP contribution in [0.4, 0.5) is 10.5 Å². The van der Waals surface area contributed by atoms with Gasteiger partial charge >= 0.3 is 6.03 Å². The van der Waals surface area contributed by atoms with E-state index in [1.165, 1.54) is 13.4 Å². The number of para-hydroxylation sites is 1. The molecule has 0 aliphatic carbocycles. The Kier molecular flexibility index (Phi) is 5.90. The van der Waals surface area contributed by atoms with Crippen LogP contribution in [0.3, 0.4) is 0 Å². The Morgan fingerprint density at radius 1 is 1.39 bits per heavy atom. The van der Waals surface area contributed by atoms with Crippen molar-refractivity contribution in [3.05, 3.63) is 47.4 Å². The number of carbonyl (C=O) groups is 1. The molecule has 124 valence electrons. The van der Waals surface area contributed by atoms with Crippen molar-refractivity contribution in [3.8, 4) is 5.75 Å². The van der Waals surface area contributed by atoms with Gasteiger partial charge < -0.3 is 24.9 Å². The molecule has 2 unspecified atom stereocenters. The minimum Gasteiger partial charge on any atom is -0.493 e. The van der Waals surface area contributed by atoms with E-state index in [1.54, 1.807) is 37.3 Å². The number of anilines is 1. The summed E-state index contributed by atoms with van der Waals surface area (Å²) in [6, 6.07) is 7.79. The number of carbonyl (C=O) groups excluding carboxylic acids is 1. The highest BCUT2D eigenvalue weighted by molar-refractivity contribution is 6.32. The van der Waals surface area contributed by atoms with Gasteiger partial charge in [-0.05, 0) is 31.2 Å². The molecule has 1 aromatic heterocycles. The maximum absolute atomic E-state index is 12.0. The predicted molar refractivity (Wildman–Crippen MR) is 87.9 cm³/mol. The molecule has 0 saturated carbocycles. The van der Waals surface area contributed by atoms with Crippen molar-refractivity contribution < 1.29 is 19.1 Å². The zero-order valence-corrected chi connectivity index (χ0v) is 13.6. The molecule has 23 heavy (non-hydrogen) atoms. The van der Waals surface area contributed by atoms with Crippen LogP contribution in [-0.4, -0.2) is 24.3 Å². The van der Waals surface area contributed by atoms with E-state index in [2.05, 4.69) is 10.6 Å². The molecule has 1 aromatic carbocycles. The van der Waals surface area contributed by atoms with Gasteiger partial charge in [-0.2, -0.15) is 0 Å². The van der Waals surface area contributed by atoms with Gasteiger partial charge in [0.15, 0.2) is 5.75 Å². The summed E-state index contributed by atoms with van der Waals surface area (Å²) in [7, 11) is 1.48. The van der Waals surface area contributed by atoms with Crippen molar-refractivity contribution >= 4 is 23.3 Å². The maximum Gasteiger partial charge on any atom is 0.319 e. The number of hydrogen-bond donors (Lipinski definition) is 3. The summed E-state index contributed by atoms with van der Waals surface area (Å²) in [5.74, 6) is 0.864. The Bertz CT molecular complexity index is 646. The van der Waals surface area contributed by atoms with Crippen molar-refractivity contribution in [3.63, 3.8) is 0 Å². The Labute approximate surface area is 139 Å². The van der Waals surface area contributed by atoms with Gasteiger partial charge in [0.25, 0.3) is 0 Å². The standard InChI is InChI=1S/C16H19ClN2O4/c1-10(9-13(20)14-7-4-8-23-14)18-16(21)19-12-6-3-5-11(17)15(12)22-2/h3-8,10,13,20H,9H2,1-2H3,(H2,18,19,21). The first-order valence-electron chi connectivity index (χ1n) is 7.12. The van der Waals surface area contributed by atoms with E-state index < -0.39 is 12.1 Å². The van der Waals surface area contributed by atoms with Gasteiger partial charge in [-0.25, -0.2) is 4.79 Å². The third-order valence-corrected chi connectivity index (χ3v) is 3.54. The van der Waals surface area contributed by atoms with Crippen LogP contribution in [0.15, 0.2) is 41.0 Å². The average Bonchev–Trinajstić information content (AvgIpc) is 3.01. The van der Waals surface area contributed by atoms with Gasteiger partial charge in [0.2, 0.25) is 0 Å². The van der Waals surface area contributed by atoms with Crippen LogP contribution in [0, 0.1) is 0 Å². The minimum atomic E-state index is -0.777. The van der Waals surface area contributed by atoms with E-state index in [9.17, 15) is 9.90 Å². The number of rotatable bonds is 6. The molecule has 2 rings (SSSR count). The van der Waals surface area contributed by atoms with Crippen LogP contribution in [0.25, 0.3) is 0 Å². The number of amides is 2. The first-order chi connectivity index (χ1) is 11.0. The summed E-state index contributed by atoms with van der Waals surface area (Å²) in [6.07, 6.45) is 1.04. The van der Waals surface area contributed by atoms with Crippen molar-refractivity contribution in [2.24, 2.45) is 0 Å². The second kappa shape index (κ2) is 7.89. The first-order valence-corrected chi connectivity index (χ1v) is 7.50. The van der Waals surface area contributed by atoms with Gasteiger partial charge in [0.1, 0.15) is 11.9 Å². The molecule has 6 nitrogen and oxygen atoms in total. The zero-order chi connectivity index (χ0) is 16.8. The molecule has 0 saturated heterocycles. The van der Waals surface area contributed by atoms with Gasteiger partial charge in [0.05, 0.1) is 24.1 Å². The third-order valence-electron chi connectivity index (χ3n) is 3.25. The van der Waals surface area contributed by atoms with E-state index in [1.807, 2.05) is 0 Å². The Morgan fingerprint density at radius 3 is 2.83 bits per heavy atom. The number of nitrogens with one attached hydrogen (secondary N) is 2. The van der Waals surface area contributed by atoms with Crippen molar-refractivity contribution in [2.45, 2.75) is 25.5 Å². The van der Waals surface area contributed by atoms with Crippen molar-refractivity contribution in [1.29, 1.82) is 0 Å². The average molecular weight is 339 g/mol. The van der Waals surface area contributed by atoms with Crippen molar-refractivity contribution in [2.75, 3.05) is 12.4 Å². The first kappa shape index (κ1) is 17.2. The summed E-state index contributed by atoms with van der Waals surface area (Å²) in [5, 5.41) is 15.8. The van der Waals surface area contributed by atoms with Crippen LogP contribution in [0.5, 0.6) is 5.75 Å². The van der Waals surface area contributed by atoms with Gasteiger partial charge in [0, 0.05) is 12.5 Å². The fraction of sp³-hybridized carbons (Fsp3) is 0.312. The number of halogens is 1. The van der Waals surface area contributed by atoms with Crippen LogP contribution in [0.1, 0.15) is 25.2 Å². The molecule has 0 spiro atoms. The maximum atomic E-state index is 12.0. The molecule has 3 N–H and O–H groups in total. The van der Waals surface area contributed by atoms with E-state index in [0.717, 1.165) is 0 Å². The molecule has 7 heteroatoms. The molecule has 0 bridgehead atoms. The minimum absolute atomic E-state index is 0.264. The van der Waals surface area contributed by atoms with Crippen LogP contribution in [-0.2, 0) is 0 Å². The Morgan fingerprint density at radius 2 is 2.17 bits per heavy atom. The molecule has 2 aromatic rings. The Hall–Kier alpha value is -2.18. The summed E-state index contributed by atoms with van der Waals surface area (Å²) >= 11 is 6.00. The summed E-state index contributed by atoms with van der Waals surface area (Å²) < 4.78 is 10.3. The quantitative estimate of drug-likeness (QED) is 0.751. The highest BCUT2D eigenvalue weighted by Crippen LogP contribution is 2.32. The summed E-state index contributed by atoms with van der Waals surface area (Å²) in [5.41, 5.74) is 0.469. The zero-order valence-electron chi connectivity index (χ0n) is 12.9. The second-order valence-corrected chi connectivity index (χ2v) is 5.49. The van der Waals surface area contributed by atoms with Gasteiger partial charge in [-0.1, -0.05) is 17.7 Å². The molecular weight excluding hydrogens is 320 g/mol. The highest BCUT2D eigenvalue weighted by Gasteiger charge is 2.17. The predicted octanol–water partition coefficient (Wildman–Crippen LogP) is 3.58. The van der Waals surface area contributed by atoms with Crippen LogP contribution in [0.2, 0.25) is 5.02 Å². The molecule has 0 aliphatic heterocycles. The second-order valence-electron chi connectivity index (χ2n) is 5.09. The van der Waals surface area contributed by atoms with E-state index >= 15 is 0 Å². The monoisotopic (exact) mass is 338 g/mol. The lowest BCUT2D eigenvalue weighted by atomic mass is 10.1. The number of urea groups is 1. The molecule has 2 atom stereocenters. The van der Waals surface area contributed by atoms with Crippen LogP contribution < -0.4 is 15.4 Å². The smallest absolute Gasteiger partial charge is 0.319 e. The van der Waals surface area contributed by atoms with E-state index in [4.69, 9.17) is 20.8 Å². The fourth-order valence-electron chi connectivity index (χ4n) is 2.19. The number of furan rings is 1. The van der Waals surface area contributed by atoms with Gasteiger partial charge in [-0.3, -0.25) is 0 Å². The lowest BCUT2D eigenvalue weighted by molar-refractivity contribution is 0.130. The lowest BCUT2D eigenvalue weighted by Crippen LogP contribution is -2.37. The molecule has 0 fully saturated rings. The van der Waals surface area contributed by atoms with Crippen molar-refractivity contribution in [1.82, 2.24) is 5.32 Å². The topological polar surface area (TPSA) is 83.7 Å². The number of benzene rings is 1. The normalized spacial score (nSPS) is 13.2. The number of methoxy groups -OCH3 is 1. The number of hydrogen-bond acceptors (Lipinski definition) is 4. The molecular formula is C16H19ClN2O4. The van der Waals surface area contributed by atoms with Gasteiger partial charge in [-0.15, -0.1) is 0 Å². The summed E-state index contributed by atoms with van der Waals surface area (Å²) in [4.78, 5) is 12.0. The lowest BCUT2D eigenvalue weighted by Gasteiger charge is -2.18. The Balaban J connectivity index is 1.90. The fourth-order valence-corrected chi connectivity index (χ4v) is 2.44. The van der Waals surface area contributed by atoms with E-state index in [0.29, 0.717) is 28.6 Å². The number of aliphatic hydroxyl groups is 1. The summed E-state index contributed by atoms with van der Waals surface area (Å²) in [6.45, 7) is 1.79. The highest BCUT2D eigenvalue weighted by atomic mass is 35.5. The van der Waals surface area contributed by atoms with Crippen LogP contribution >= 0.6 is 11.6 Å². The molecule has 1 heterocycles. The SMILES string of the molecule is COc1c(Cl)cccc1NC(=O)NC(C)CC(O)c1ccco1. The third kappa shape index (κ3) is 4.64. The largest absolute Gasteiger partial charge is 0.493 e. The number of aliphatic hydroxyl groups excluding tert-OH is 1. The number of ether oxygens (including phenoxy) is 1. The molecule has 0 radical (unpaired) electrons.